The van der Waals surface area contributed by atoms with E-state index in [1.807, 2.05) is 13.8 Å². The number of rotatable bonds is 4. The molecule has 118 valence electrons. The summed E-state index contributed by atoms with van der Waals surface area (Å²) in [5.74, 6) is 0.313. The molecule has 1 aromatic carbocycles. The average Bonchev–Trinajstić information content (AvgIpc) is 2.91. The lowest BCUT2D eigenvalue weighted by Crippen LogP contribution is -2.14. The Kier molecular flexibility index (Phi) is 4.40. The summed E-state index contributed by atoms with van der Waals surface area (Å²) < 4.78 is 5.46. The summed E-state index contributed by atoms with van der Waals surface area (Å²) in [7, 11) is 0. The lowest BCUT2D eigenvalue weighted by molar-refractivity contribution is -0.136. The third kappa shape index (κ3) is 3.56. The van der Waals surface area contributed by atoms with Gasteiger partial charge in [0.2, 0.25) is 5.91 Å². The van der Waals surface area contributed by atoms with Gasteiger partial charge in [0.05, 0.1) is 5.92 Å². The van der Waals surface area contributed by atoms with Gasteiger partial charge in [-0.25, -0.2) is 0 Å². The fraction of sp³-hybridized carbons (Fsp3) is 0.444. The summed E-state index contributed by atoms with van der Waals surface area (Å²) in [6.45, 7) is 9.70. The van der Waals surface area contributed by atoms with Crippen LogP contribution in [0.4, 0.5) is 5.69 Å². The molecule has 1 saturated carbocycles. The average molecular weight is 301 g/mol. The largest absolute Gasteiger partial charge is 0.426 e. The molecule has 1 amide bonds. The first kappa shape index (κ1) is 16.3. The van der Waals surface area contributed by atoms with Crippen LogP contribution in [-0.2, 0) is 9.59 Å². The van der Waals surface area contributed by atoms with Crippen molar-refractivity contribution in [2.75, 3.05) is 5.32 Å². The van der Waals surface area contributed by atoms with Crippen LogP contribution >= 0.6 is 0 Å². The molecule has 0 heterocycles. The van der Waals surface area contributed by atoms with Gasteiger partial charge >= 0.3 is 5.97 Å². The van der Waals surface area contributed by atoms with E-state index < -0.39 is 0 Å². The third-order valence-electron chi connectivity index (χ3n) is 4.07. The number of esters is 1. The Bertz CT molecular complexity index is 610. The molecule has 22 heavy (non-hydrogen) atoms. The lowest BCUT2D eigenvalue weighted by Gasteiger charge is -2.06. The smallest absolute Gasteiger partial charge is 0.315 e. The maximum atomic E-state index is 12.3. The second-order valence-electron chi connectivity index (χ2n) is 6.70. The minimum Gasteiger partial charge on any atom is -0.426 e. The fourth-order valence-corrected chi connectivity index (χ4v) is 2.79. The number of hydrogen-bond donors (Lipinski definition) is 1. The standard InChI is InChI=1S/C18H23NO3/c1-11(2)10-15-16(18(15,4)5)17(21)22-14-8-6-13(7-9-14)19-12(3)20/h6-10,15-16H,1-5H3,(H,19,20). The quantitative estimate of drug-likeness (QED) is 0.523. The van der Waals surface area contributed by atoms with Crippen LogP contribution in [0.15, 0.2) is 35.9 Å². The van der Waals surface area contributed by atoms with Crippen molar-refractivity contribution in [3.8, 4) is 5.75 Å². The summed E-state index contributed by atoms with van der Waals surface area (Å²) in [5, 5.41) is 2.67. The van der Waals surface area contributed by atoms with Crippen LogP contribution in [-0.4, -0.2) is 11.9 Å². The zero-order chi connectivity index (χ0) is 16.5. The van der Waals surface area contributed by atoms with Gasteiger partial charge in [0.15, 0.2) is 0 Å². The number of carbonyl (C=O) groups excluding carboxylic acids is 2. The molecule has 1 fully saturated rings. The molecule has 2 rings (SSSR count). The molecule has 0 saturated heterocycles. The Balaban J connectivity index is 2.01. The number of hydrogen-bond acceptors (Lipinski definition) is 3. The van der Waals surface area contributed by atoms with Crippen LogP contribution in [0, 0.1) is 17.3 Å². The van der Waals surface area contributed by atoms with E-state index in [9.17, 15) is 9.59 Å². The number of ether oxygens (including phenoxy) is 1. The van der Waals surface area contributed by atoms with Crippen molar-refractivity contribution < 1.29 is 14.3 Å². The first-order chi connectivity index (χ1) is 10.2. The van der Waals surface area contributed by atoms with Crippen LogP contribution in [0.2, 0.25) is 0 Å². The molecule has 2 atom stereocenters. The Hall–Kier alpha value is -2.10. The van der Waals surface area contributed by atoms with E-state index in [0.717, 1.165) is 0 Å². The predicted molar refractivity (Wildman–Crippen MR) is 86.6 cm³/mol. The Morgan fingerprint density at radius 1 is 1.14 bits per heavy atom. The highest BCUT2D eigenvalue weighted by atomic mass is 16.5. The van der Waals surface area contributed by atoms with Crippen LogP contribution in [0.5, 0.6) is 5.75 Å². The molecule has 0 radical (unpaired) electrons. The van der Waals surface area contributed by atoms with E-state index in [1.165, 1.54) is 12.5 Å². The van der Waals surface area contributed by atoms with Gasteiger partial charge in [0.25, 0.3) is 0 Å². The zero-order valence-corrected chi connectivity index (χ0v) is 13.8. The maximum Gasteiger partial charge on any atom is 0.315 e. The Labute approximate surface area is 131 Å². The van der Waals surface area contributed by atoms with Crippen LogP contribution in [0.3, 0.4) is 0 Å². The minimum absolute atomic E-state index is 0.0511. The van der Waals surface area contributed by atoms with E-state index in [2.05, 4.69) is 25.2 Å². The molecule has 1 aliphatic rings. The molecule has 0 bridgehead atoms. The third-order valence-corrected chi connectivity index (χ3v) is 4.07. The fourth-order valence-electron chi connectivity index (χ4n) is 2.79. The summed E-state index contributed by atoms with van der Waals surface area (Å²) in [4.78, 5) is 23.3. The van der Waals surface area contributed by atoms with Gasteiger partial charge in [0.1, 0.15) is 5.75 Å². The number of anilines is 1. The molecule has 0 aromatic heterocycles. The van der Waals surface area contributed by atoms with Gasteiger partial charge in [-0.1, -0.05) is 25.5 Å². The zero-order valence-electron chi connectivity index (χ0n) is 13.8. The minimum atomic E-state index is -0.195. The van der Waals surface area contributed by atoms with E-state index in [4.69, 9.17) is 4.74 Å². The molecular weight excluding hydrogens is 278 g/mol. The van der Waals surface area contributed by atoms with E-state index in [-0.39, 0.29) is 29.1 Å². The first-order valence-electron chi connectivity index (χ1n) is 7.46. The second-order valence-corrected chi connectivity index (χ2v) is 6.70. The highest BCUT2D eigenvalue weighted by Gasteiger charge is 2.61. The first-order valence-corrected chi connectivity index (χ1v) is 7.46. The van der Waals surface area contributed by atoms with Crippen molar-refractivity contribution in [1.29, 1.82) is 0 Å². The van der Waals surface area contributed by atoms with Gasteiger partial charge in [-0.3, -0.25) is 9.59 Å². The monoisotopic (exact) mass is 301 g/mol. The molecule has 4 heteroatoms. The van der Waals surface area contributed by atoms with Crippen molar-refractivity contribution in [3.63, 3.8) is 0 Å². The number of amides is 1. The topological polar surface area (TPSA) is 55.4 Å². The molecule has 1 aliphatic carbocycles. The van der Waals surface area contributed by atoms with E-state index in [1.54, 1.807) is 24.3 Å². The highest BCUT2D eigenvalue weighted by Crippen LogP contribution is 2.59. The number of carbonyl (C=O) groups is 2. The van der Waals surface area contributed by atoms with Crippen molar-refractivity contribution in [3.05, 3.63) is 35.9 Å². The van der Waals surface area contributed by atoms with Crippen molar-refractivity contribution >= 4 is 17.6 Å². The summed E-state index contributed by atoms with van der Waals surface area (Å²) in [6.07, 6.45) is 2.14. The SMILES string of the molecule is CC(=O)Nc1ccc(OC(=O)C2C(C=C(C)C)C2(C)C)cc1. The maximum absolute atomic E-state index is 12.3. The molecule has 0 aliphatic heterocycles. The number of allylic oxidation sites excluding steroid dienone is 2. The summed E-state index contributed by atoms with van der Waals surface area (Å²) >= 11 is 0. The Morgan fingerprint density at radius 3 is 2.23 bits per heavy atom. The normalized spacial score (nSPS) is 21.7. The molecule has 1 aromatic rings. The highest BCUT2D eigenvalue weighted by molar-refractivity contribution is 5.88. The van der Waals surface area contributed by atoms with Crippen LogP contribution in [0.25, 0.3) is 0 Å². The van der Waals surface area contributed by atoms with Gasteiger partial charge in [0, 0.05) is 12.6 Å². The van der Waals surface area contributed by atoms with Gasteiger partial charge in [-0.05, 0) is 49.4 Å². The Morgan fingerprint density at radius 2 is 1.73 bits per heavy atom. The summed E-state index contributed by atoms with van der Waals surface area (Å²) in [6, 6.07) is 6.81. The molecule has 1 N–H and O–H groups in total. The predicted octanol–water partition coefficient (Wildman–Crippen LogP) is 3.79. The van der Waals surface area contributed by atoms with Crippen molar-refractivity contribution in [1.82, 2.24) is 0 Å². The van der Waals surface area contributed by atoms with Crippen LogP contribution < -0.4 is 10.1 Å². The van der Waals surface area contributed by atoms with Gasteiger partial charge in [-0.2, -0.15) is 0 Å². The van der Waals surface area contributed by atoms with Crippen molar-refractivity contribution in [2.24, 2.45) is 17.3 Å². The molecule has 2 unspecified atom stereocenters. The van der Waals surface area contributed by atoms with E-state index >= 15 is 0 Å². The second kappa shape index (κ2) is 5.95. The van der Waals surface area contributed by atoms with Gasteiger partial charge in [-0.15, -0.1) is 0 Å². The van der Waals surface area contributed by atoms with Crippen molar-refractivity contribution in [2.45, 2.75) is 34.6 Å². The number of benzene rings is 1. The van der Waals surface area contributed by atoms with Crippen LogP contribution in [0.1, 0.15) is 34.6 Å². The van der Waals surface area contributed by atoms with Gasteiger partial charge < -0.3 is 10.1 Å². The number of nitrogens with one attached hydrogen (secondary N) is 1. The lowest BCUT2D eigenvalue weighted by atomic mass is 10.1. The molecule has 0 spiro atoms. The molecule has 4 nitrogen and oxygen atoms in total. The summed E-state index contributed by atoms with van der Waals surface area (Å²) in [5.41, 5.74) is 1.85. The molecular formula is C18H23NO3. The van der Waals surface area contributed by atoms with E-state index in [0.29, 0.717) is 11.4 Å².